The van der Waals surface area contributed by atoms with Crippen LogP contribution in [0.1, 0.15) is 85.4 Å². The number of hydrogen-bond donors (Lipinski definition) is 15. The molecule has 2 aromatic heterocycles. The summed E-state index contributed by atoms with van der Waals surface area (Å²) in [7, 11) is 0. The molecule has 4 heterocycles. The first-order valence-electron chi connectivity index (χ1n) is 31.9. The summed E-state index contributed by atoms with van der Waals surface area (Å²) in [5.74, 6) is -8.21. The Morgan fingerprint density at radius 1 is 0.701 bits per heavy atom. The molecule has 9 amide bonds. The number of carbonyl (C=O) groups excluding carboxylic acids is 9. The number of imidazole rings is 1. The van der Waals surface area contributed by atoms with Crippen molar-refractivity contribution in [3.8, 4) is 11.5 Å². The number of aromatic nitrogens is 3. The molecule has 30 heteroatoms. The van der Waals surface area contributed by atoms with E-state index in [0.717, 1.165) is 11.1 Å². The van der Waals surface area contributed by atoms with Gasteiger partial charge in [-0.05, 0) is 109 Å². The number of unbranched alkanes of at least 4 members (excludes halogenated alkanes) is 1. The molecule has 4 aromatic carbocycles. The number of primary amides is 1. The predicted octanol–water partition coefficient (Wildman–Crippen LogP) is 1.74. The SMILES string of the molecule is C[C@@]12CCCN1C(=O)[C@H](Cc1ccc(O)cc1)NC(=O)[C@H](Cc1cnc[nH]1)NC(=O)[C@H](CC(=O)O)NC(=O)[C@H](Cc1c[nH]c3ccc(F)cc13)NC(=O)[C@H](Cc1ccc(O)cc1)NC(=O)CNC[C@H](CCCCN)NC(=O)CCSCc1cccc(c1)CSC[C@@H](C(N)=O)NC2=O. The average Bonchev–Trinajstić information content (AvgIpc) is 1.69. The summed E-state index contributed by atoms with van der Waals surface area (Å²) in [6.45, 7) is 1.80. The van der Waals surface area contributed by atoms with Gasteiger partial charge in [0, 0.05) is 103 Å². The number of nitrogens with zero attached hydrogens (tertiary/aromatic N) is 2. The quantitative estimate of drug-likeness (QED) is 0.0651. The number of aromatic hydroxyl groups is 2. The summed E-state index contributed by atoms with van der Waals surface area (Å²) in [6, 6.07) is 13.4. The van der Waals surface area contributed by atoms with Crippen molar-refractivity contribution in [1.82, 2.24) is 62.4 Å². The van der Waals surface area contributed by atoms with E-state index in [9.17, 15) is 62.9 Å². The van der Waals surface area contributed by atoms with Crippen LogP contribution in [0.4, 0.5) is 4.39 Å². The van der Waals surface area contributed by atoms with Crippen molar-refractivity contribution in [3.63, 3.8) is 0 Å². The van der Waals surface area contributed by atoms with Crippen LogP contribution in [-0.4, -0.2) is 180 Å². The van der Waals surface area contributed by atoms with E-state index < -0.39 is 120 Å². The Kier molecular flexibility index (Phi) is 26.8. The minimum atomic E-state index is -1.99. The molecule has 0 unspecified atom stereocenters. The van der Waals surface area contributed by atoms with E-state index in [0.29, 0.717) is 77.1 Å². The van der Waals surface area contributed by atoms with Gasteiger partial charge in [-0.2, -0.15) is 23.5 Å². The molecule has 518 valence electrons. The number of phenolic OH excluding ortho intramolecular Hbond substituents is 2. The van der Waals surface area contributed by atoms with Crippen LogP contribution in [-0.2, 0) is 85.1 Å². The third-order valence-electron chi connectivity index (χ3n) is 16.8. The van der Waals surface area contributed by atoms with Crippen molar-refractivity contribution in [3.05, 3.63) is 149 Å². The number of rotatable bonds is 15. The van der Waals surface area contributed by atoms with Gasteiger partial charge in [-0.1, -0.05) is 55.0 Å². The average molecular weight is 1380 g/mol. The van der Waals surface area contributed by atoms with Gasteiger partial charge in [-0.15, -0.1) is 0 Å². The Morgan fingerprint density at radius 3 is 1.96 bits per heavy atom. The van der Waals surface area contributed by atoms with E-state index >= 15 is 4.79 Å². The molecular formula is C67H83FN14O13S2. The van der Waals surface area contributed by atoms with Crippen LogP contribution in [0, 0.1) is 5.82 Å². The van der Waals surface area contributed by atoms with Crippen LogP contribution in [0.5, 0.6) is 11.5 Å². The molecule has 97 heavy (non-hydrogen) atoms. The number of amides is 9. The first kappa shape index (κ1) is 73.3. The maximum Gasteiger partial charge on any atom is 0.305 e. The molecular weight excluding hydrogens is 1290 g/mol. The van der Waals surface area contributed by atoms with Gasteiger partial charge in [0.2, 0.25) is 53.2 Å². The molecule has 2 aliphatic heterocycles. The fourth-order valence-electron chi connectivity index (χ4n) is 11.6. The number of carboxylic acids is 1. The van der Waals surface area contributed by atoms with E-state index in [1.165, 1.54) is 109 Å². The van der Waals surface area contributed by atoms with Crippen molar-refractivity contribution >= 4 is 93.6 Å². The number of aliphatic carboxylic acids is 1. The van der Waals surface area contributed by atoms with Crippen molar-refractivity contribution in [1.29, 1.82) is 0 Å². The Labute approximate surface area is 567 Å². The summed E-state index contributed by atoms with van der Waals surface area (Å²) in [5.41, 5.74) is 14.0. The number of carboxylic acid groups (broad SMARTS) is 1. The van der Waals surface area contributed by atoms with Crippen molar-refractivity contribution in [2.24, 2.45) is 11.5 Å². The second-order valence-corrected chi connectivity index (χ2v) is 26.4. The monoisotopic (exact) mass is 1370 g/mol. The zero-order valence-electron chi connectivity index (χ0n) is 53.5. The number of carbonyl (C=O) groups is 10. The Hall–Kier alpha value is -9.52. The molecule has 1 fully saturated rings. The molecule has 8 atom stereocenters. The van der Waals surface area contributed by atoms with Crippen LogP contribution >= 0.6 is 23.5 Å². The highest BCUT2D eigenvalue weighted by Crippen LogP contribution is 2.32. The number of benzene rings is 4. The fourth-order valence-corrected chi connectivity index (χ4v) is 13.5. The summed E-state index contributed by atoms with van der Waals surface area (Å²) >= 11 is 2.91. The highest BCUT2D eigenvalue weighted by molar-refractivity contribution is 7.98. The number of fused-ring (bicyclic) bond motifs is 4. The molecule has 6 aromatic rings. The highest BCUT2D eigenvalue weighted by Gasteiger charge is 2.48. The number of nitrogens with two attached hydrogens (primary N) is 2. The number of aromatic amines is 2. The zero-order chi connectivity index (χ0) is 69.6. The van der Waals surface area contributed by atoms with Gasteiger partial charge in [0.15, 0.2) is 0 Å². The normalized spacial score (nSPS) is 23.1. The summed E-state index contributed by atoms with van der Waals surface area (Å²) in [5, 5.41) is 53.0. The number of H-pyrrole nitrogens is 2. The topological polar surface area (TPSA) is 427 Å². The molecule has 2 aliphatic rings. The lowest BCUT2D eigenvalue weighted by molar-refractivity contribution is -0.147. The highest BCUT2D eigenvalue weighted by atomic mass is 32.2. The van der Waals surface area contributed by atoms with Gasteiger partial charge < -0.3 is 84.2 Å². The molecule has 0 spiro atoms. The molecule has 0 aliphatic carbocycles. The second-order valence-electron chi connectivity index (χ2n) is 24.3. The van der Waals surface area contributed by atoms with E-state index in [2.05, 4.69) is 57.5 Å². The Balaban J connectivity index is 1.13. The van der Waals surface area contributed by atoms with E-state index in [4.69, 9.17) is 11.5 Å². The fraction of sp³-hybridized carbons (Fsp3) is 0.418. The molecule has 27 nitrogen and oxygen atoms in total. The van der Waals surface area contributed by atoms with Crippen LogP contribution in [0.25, 0.3) is 10.9 Å². The minimum absolute atomic E-state index is 0.0350. The molecule has 0 saturated carbocycles. The first-order valence-corrected chi connectivity index (χ1v) is 34.2. The number of hydrogen-bond acceptors (Lipinski definition) is 17. The molecule has 17 N–H and O–H groups in total. The third kappa shape index (κ3) is 21.7. The van der Waals surface area contributed by atoms with Gasteiger partial charge in [0.05, 0.1) is 19.3 Å². The van der Waals surface area contributed by atoms with Crippen molar-refractivity contribution in [2.75, 3.05) is 37.7 Å². The van der Waals surface area contributed by atoms with Crippen molar-refractivity contribution in [2.45, 2.75) is 137 Å². The maximum atomic E-state index is 15.2. The van der Waals surface area contributed by atoms with Gasteiger partial charge in [0.25, 0.3) is 0 Å². The van der Waals surface area contributed by atoms with Crippen LogP contribution in [0.3, 0.4) is 0 Å². The lowest BCUT2D eigenvalue weighted by atomic mass is 9.95. The zero-order valence-corrected chi connectivity index (χ0v) is 55.2. The number of nitrogens with one attached hydrogen (secondary N) is 10. The van der Waals surface area contributed by atoms with Crippen LogP contribution in [0.2, 0.25) is 0 Å². The van der Waals surface area contributed by atoms with Gasteiger partial charge >= 0.3 is 5.97 Å². The Morgan fingerprint density at radius 2 is 1.32 bits per heavy atom. The van der Waals surface area contributed by atoms with Gasteiger partial charge in [0.1, 0.15) is 59.1 Å². The summed E-state index contributed by atoms with van der Waals surface area (Å²) in [4.78, 5) is 154. The van der Waals surface area contributed by atoms with E-state index in [1.54, 1.807) is 11.8 Å². The smallest absolute Gasteiger partial charge is 0.305 e. The third-order valence-corrected chi connectivity index (χ3v) is 18.9. The van der Waals surface area contributed by atoms with Crippen molar-refractivity contribution < 1.29 is 67.7 Å². The lowest BCUT2D eigenvalue weighted by Crippen LogP contribution is -2.63. The minimum Gasteiger partial charge on any atom is -0.508 e. The summed E-state index contributed by atoms with van der Waals surface area (Å²) < 4.78 is 14.9. The first-order chi connectivity index (χ1) is 46.5. The summed E-state index contributed by atoms with van der Waals surface area (Å²) in [6.07, 6.45) is 4.41. The molecule has 2 bridgehead atoms. The maximum absolute atomic E-state index is 15.2. The van der Waals surface area contributed by atoms with Crippen LogP contribution < -0.4 is 54.0 Å². The number of thioether (sulfide) groups is 2. The predicted molar refractivity (Wildman–Crippen MR) is 361 cm³/mol. The van der Waals surface area contributed by atoms with E-state index in [1.807, 2.05) is 24.3 Å². The standard InChI is InChI=1S/C67H83FN14O13S2/c1-67-20-5-22-82(67)65(94)55(26-40-11-16-48(84)17-12-40)80-63(92)53(29-46-33-72-38-74-46)78-64(93)54(30-59(87)88)79-62(91)52(27-43-31-73-50-18-13-44(68)28-49(43)50)77-61(90)51(25-39-9-14-47(83)15-10-39)76-58(86)34-71-32-45(8-2-3-21-69)75-57(85)19-23-96-35-41-6-4-7-42(24-41)36-97-37-56(60(70)89)81-66(67)95/h4,6-7,9-18,24,28,31,33,38,45,51-56,71,73,83-84H,2-3,5,8,19-23,25-27,29-30,32,34-37,69H2,1H3,(H2,70,89)(H,72,74)(H,75,85)(H,76,86)(H,77,90)(H,78,93)(H,79,91)(H,80,92)(H,81,95)(H,87,88)/t45-,51-,52-,53-,54-,55-,56-,67-/m0/s1. The van der Waals surface area contributed by atoms with Gasteiger partial charge in [-0.25, -0.2) is 9.37 Å². The van der Waals surface area contributed by atoms with Gasteiger partial charge in [-0.3, -0.25) is 47.9 Å². The number of halogens is 1. The molecule has 1 saturated heterocycles. The van der Waals surface area contributed by atoms with E-state index in [-0.39, 0.29) is 80.6 Å². The Bertz CT molecular complexity index is 3730. The molecule has 8 rings (SSSR count). The van der Waals surface area contributed by atoms with Crippen LogP contribution in [0.15, 0.2) is 110 Å². The number of phenols is 2. The molecule has 0 radical (unpaired) electrons. The lowest BCUT2D eigenvalue weighted by Gasteiger charge is -2.37. The second kappa shape index (κ2) is 35.5. The largest absolute Gasteiger partial charge is 0.508 e.